The van der Waals surface area contributed by atoms with E-state index in [9.17, 15) is 0 Å². The molecule has 1 N–H and O–H groups in total. The summed E-state index contributed by atoms with van der Waals surface area (Å²) in [7, 11) is 1.90. The molecule has 0 spiro atoms. The number of nitrogens with zero attached hydrogens (tertiary/aromatic N) is 3. The monoisotopic (exact) mass is 298 g/mol. The number of rotatable bonds is 2. The highest BCUT2D eigenvalue weighted by molar-refractivity contribution is 7.18. The number of hydrogen-bond acceptors (Lipinski definition) is 5. The molecule has 0 saturated heterocycles. The van der Waals surface area contributed by atoms with Crippen molar-refractivity contribution in [2.45, 2.75) is 27.7 Å². The fourth-order valence-corrected chi connectivity index (χ4v) is 3.55. The predicted molar refractivity (Wildman–Crippen MR) is 89.1 cm³/mol. The van der Waals surface area contributed by atoms with Gasteiger partial charge in [-0.15, -0.1) is 11.3 Å². The van der Waals surface area contributed by atoms with Crippen LogP contribution in [0.15, 0.2) is 12.1 Å². The van der Waals surface area contributed by atoms with E-state index in [4.69, 9.17) is 9.97 Å². The van der Waals surface area contributed by atoms with Crippen molar-refractivity contribution in [1.82, 2.24) is 15.0 Å². The molecule has 0 fully saturated rings. The van der Waals surface area contributed by atoms with Crippen LogP contribution in [0.4, 0.5) is 5.82 Å². The third-order valence-corrected chi connectivity index (χ3v) is 4.71. The molecule has 0 amide bonds. The van der Waals surface area contributed by atoms with Gasteiger partial charge >= 0.3 is 0 Å². The maximum atomic E-state index is 4.76. The summed E-state index contributed by atoms with van der Waals surface area (Å²) in [5.41, 5.74) is 4.24. The maximum absolute atomic E-state index is 4.76. The number of anilines is 1. The molecule has 21 heavy (non-hydrogen) atoms. The van der Waals surface area contributed by atoms with Crippen LogP contribution in [0.1, 0.15) is 21.8 Å². The Morgan fingerprint density at radius 1 is 0.952 bits per heavy atom. The van der Waals surface area contributed by atoms with Crippen molar-refractivity contribution in [2.24, 2.45) is 0 Å². The van der Waals surface area contributed by atoms with Crippen LogP contribution in [0.5, 0.6) is 0 Å². The van der Waals surface area contributed by atoms with Crippen LogP contribution in [0.3, 0.4) is 0 Å². The zero-order valence-electron chi connectivity index (χ0n) is 12.9. The first-order valence-electron chi connectivity index (χ1n) is 6.90. The zero-order valence-corrected chi connectivity index (χ0v) is 13.7. The van der Waals surface area contributed by atoms with Crippen molar-refractivity contribution in [1.29, 1.82) is 0 Å². The van der Waals surface area contributed by atoms with Crippen molar-refractivity contribution in [3.05, 3.63) is 34.0 Å². The molecule has 3 aromatic heterocycles. The molecule has 3 aromatic rings. The number of aromatic nitrogens is 3. The lowest BCUT2D eigenvalue weighted by Gasteiger charge is -2.07. The Bertz CT molecular complexity index is 816. The van der Waals surface area contributed by atoms with E-state index in [0.29, 0.717) is 0 Å². The Morgan fingerprint density at radius 3 is 2.24 bits per heavy atom. The molecular weight excluding hydrogens is 280 g/mol. The van der Waals surface area contributed by atoms with Crippen molar-refractivity contribution < 1.29 is 0 Å². The van der Waals surface area contributed by atoms with Crippen LogP contribution in [0.25, 0.3) is 21.6 Å². The summed E-state index contributed by atoms with van der Waals surface area (Å²) in [6, 6.07) is 4.06. The molecule has 0 radical (unpaired) electrons. The van der Waals surface area contributed by atoms with Gasteiger partial charge in [-0.3, -0.25) is 4.98 Å². The molecule has 0 aliphatic rings. The van der Waals surface area contributed by atoms with E-state index in [-0.39, 0.29) is 0 Å². The average molecular weight is 298 g/mol. The third kappa shape index (κ3) is 2.38. The van der Waals surface area contributed by atoms with Crippen LogP contribution >= 0.6 is 11.3 Å². The van der Waals surface area contributed by atoms with Gasteiger partial charge in [0.15, 0.2) is 5.82 Å². The molecule has 3 heterocycles. The van der Waals surface area contributed by atoms with Crippen molar-refractivity contribution in [3.8, 4) is 11.4 Å². The van der Waals surface area contributed by atoms with Crippen molar-refractivity contribution >= 4 is 27.4 Å². The molecule has 5 heteroatoms. The zero-order chi connectivity index (χ0) is 15.1. The molecule has 3 rings (SSSR count). The number of hydrogen-bond donors (Lipinski definition) is 1. The highest BCUT2D eigenvalue weighted by Crippen LogP contribution is 2.34. The lowest BCUT2D eigenvalue weighted by atomic mass is 10.1. The van der Waals surface area contributed by atoms with Gasteiger partial charge in [-0.1, -0.05) is 0 Å². The number of aryl methyl sites for hydroxylation is 4. The molecule has 0 atom stereocenters. The van der Waals surface area contributed by atoms with Crippen LogP contribution in [-0.2, 0) is 0 Å². The largest absolute Gasteiger partial charge is 0.372 e. The van der Waals surface area contributed by atoms with E-state index in [2.05, 4.69) is 24.1 Å². The summed E-state index contributed by atoms with van der Waals surface area (Å²) < 4.78 is 0. The van der Waals surface area contributed by atoms with E-state index in [1.807, 2.05) is 33.0 Å². The average Bonchev–Trinajstić information content (AvgIpc) is 2.72. The highest BCUT2D eigenvalue weighted by Gasteiger charge is 2.15. The number of nitrogens with one attached hydrogen (secondary N) is 1. The van der Waals surface area contributed by atoms with Crippen LogP contribution in [-0.4, -0.2) is 22.0 Å². The molecule has 0 bridgehead atoms. The summed E-state index contributed by atoms with van der Waals surface area (Å²) in [4.78, 5) is 16.2. The Kier molecular flexibility index (Phi) is 3.37. The highest BCUT2D eigenvalue weighted by atomic mass is 32.1. The van der Waals surface area contributed by atoms with E-state index < -0.39 is 0 Å². The topological polar surface area (TPSA) is 50.7 Å². The number of pyridine rings is 1. The Hall–Kier alpha value is -2.01. The Morgan fingerprint density at radius 2 is 1.62 bits per heavy atom. The van der Waals surface area contributed by atoms with Gasteiger partial charge in [-0.2, -0.15) is 0 Å². The minimum Gasteiger partial charge on any atom is -0.372 e. The van der Waals surface area contributed by atoms with E-state index >= 15 is 0 Å². The van der Waals surface area contributed by atoms with E-state index in [1.54, 1.807) is 11.3 Å². The molecule has 108 valence electrons. The van der Waals surface area contributed by atoms with Gasteiger partial charge in [0.05, 0.1) is 5.39 Å². The molecule has 0 saturated carbocycles. The first-order valence-corrected chi connectivity index (χ1v) is 7.72. The van der Waals surface area contributed by atoms with Gasteiger partial charge in [0.25, 0.3) is 0 Å². The first-order chi connectivity index (χ1) is 9.99. The van der Waals surface area contributed by atoms with Crippen LogP contribution in [0.2, 0.25) is 0 Å². The minimum absolute atomic E-state index is 0.752. The van der Waals surface area contributed by atoms with E-state index in [0.717, 1.165) is 38.8 Å². The normalized spacial score (nSPS) is 11.1. The molecule has 0 unspecified atom stereocenters. The van der Waals surface area contributed by atoms with Crippen molar-refractivity contribution in [3.63, 3.8) is 0 Å². The van der Waals surface area contributed by atoms with Gasteiger partial charge in [0.2, 0.25) is 0 Å². The molecular formula is C16H18N4S. The summed E-state index contributed by atoms with van der Waals surface area (Å²) >= 11 is 1.72. The number of fused-ring (bicyclic) bond motifs is 1. The predicted octanol–water partition coefficient (Wildman–Crippen LogP) is 4.03. The standard InChI is InChI=1S/C16H18N4S/c1-8-6-12(7-9(2)18-8)14-19-15(17-5)13-10(3)11(4)21-16(13)20-14/h6-7H,1-5H3,(H,17,19,20). The van der Waals surface area contributed by atoms with Gasteiger partial charge in [0.1, 0.15) is 10.6 Å². The first kappa shape index (κ1) is 13.9. The van der Waals surface area contributed by atoms with Gasteiger partial charge in [-0.25, -0.2) is 9.97 Å². The smallest absolute Gasteiger partial charge is 0.163 e. The molecule has 0 aliphatic carbocycles. The maximum Gasteiger partial charge on any atom is 0.163 e. The summed E-state index contributed by atoms with van der Waals surface area (Å²) in [6.07, 6.45) is 0. The second-order valence-corrected chi connectivity index (χ2v) is 6.45. The molecule has 0 aromatic carbocycles. The second-order valence-electron chi connectivity index (χ2n) is 5.25. The van der Waals surface area contributed by atoms with E-state index in [1.165, 1.54) is 10.4 Å². The van der Waals surface area contributed by atoms with Gasteiger partial charge < -0.3 is 5.32 Å². The Labute approximate surface area is 128 Å². The number of thiophene rings is 1. The lowest BCUT2D eigenvalue weighted by Crippen LogP contribution is -1.99. The summed E-state index contributed by atoms with van der Waals surface area (Å²) in [6.45, 7) is 8.24. The Balaban J connectivity index is 2.29. The van der Waals surface area contributed by atoms with Crippen LogP contribution in [0, 0.1) is 27.7 Å². The van der Waals surface area contributed by atoms with Gasteiger partial charge in [0, 0.05) is 28.9 Å². The summed E-state index contributed by atoms with van der Waals surface area (Å²) in [5.74, 6) is 1.64. The molecule has 0 aliphatic heterocycles. The third-order valence-electron chi connectivity index (χ3n) is 3.61. The van der Waals surface area contributed by atoms with Crippen LogP contribution < -0.4 is 5.32 Å². The second kappa shape index (κ2) is 5.07. The fraction of sp³-hybridized carbons (Fsp3) is 0.312. The van der Waals surface area contributed by atoms with Gasteiger partial charge in [-0.05, 0) is 45.4 Å². The van der Waals surface area contributed by atoms with Crippen molar-refractivity contribution in [2.75, 3.05) is 12.4 Å². The quantitative estimate of drug-likeness (QED) is 0.776. The summed E-state index contributed by atoms with van der Waals surface area (Å²) in [5, 5.41) is 4.33. The molecule has 4 nitrogen and oxygen atoms in total. The minimum atomic E-state index is 0.752. The SMILES string of the molecule is CNc1nc(-c2cc(C)nc(C)c2)nc2sc(C)c(C)c12. The fourth-order valence-electron chi connectivity index (χ4n) is 2.52. The lowest BCUT2D eigenvalue weighted by molar-refractivity contribution is 1.11.